The maximum Gasteiger partial charge on any atom is 0.292 e. The number of para-hydroxylation sites is 4. The highest BCUT2D eigenvalue weighted by molar-refractivity contribution is 5.98. The number of hydrogen-bond acceptors (Lipinski definition) is 5. The van der Waals surface area contributed by atoms with Crippen LogP contribution in [-0.4, -0.2) is 30.5 Å². The third kappa shape index (κ3) is 3.08. The number of hydrogen-bond donors (Lipinski definition) is 1. The van der Waals surface area contributed by atoms with Crippen LogP contribution in [-0.2, 0) is 4.79 Å². The van der Waals surface area contributed by atoms with E-state index < -0.39 is 4.92 Å². The van der Waals surface area contributed by atoms with Gasteiger partial charge in [-0.25, -0.2) is 0 Å². The number of amides is 1. The molecule has 1 aliphatic heterocycles. The lowest BCUT2D eigenvalue weighted by Crippen LogP contribution is -2.41. The number of nitrogens with zero attached hydrogens (tertiary/aromatic N) is 2. The van der Waals surface area contributed by atoms with Crippen LogP contribution >= 0.6 is 0 Å². The molecule has 0 aliphatic carbocycles. The van der Waals surface area contributed by atoms with Crippen LogP contribution in [0.4, 0.5) is 17.1 Å². The van der Waals surface area contributed by atoms with Gasteiger partial charge in [-0.1, -0.05) is 24.3 Å². The summed E-state index contributed by atoms with van der Waals surface area (Å²) in [6.07, 6.45) is 0. The van der Waals surface area contributed by atoms with Crippen molar-refractivity contribution in [3.63, 3.8) is 0 Å². The van der Waals surface area contributed by atoms with Crippen LogP contribution in [0.15, 0.2) is 48.5 Å². The predicted molar refractivity (Wildman–Crippen MR) is 85.9 cm³/mol. The Balaban J connectivity index is 1.73. The zero-order valence-corrected chi connectivity index (χ0v) is 12.3. The molecule has 0 saturated heterocycles. The van der Waals surface area contributed by atoms with Crippen molar-refractivity contribution in [2.75, 3.05) is 29.9 Å². The predicted octanol–water partition coefficient (Wildman–Crippen LogP) is 2.43. The number of rotatable bonds is 4. The molecule has 1 N–H and O–H groups in total. The fraction of sp³-hybridized carbons (Fsp3) is 0.188. The van der Waals surface area contributed by atoms with E-state index in [0.29, 0.717) is 30.3 Å². The zero-order valence-electron chi connectivity index (χ0n) is 12.3. The molecule has 2 aromatic carbocycles. The van der Waals surface area contributed by atoms with Crippen molar-refractivity contribution in [2.24, 2.45) is 0 Å². The third-order valence-corrected chi connectivity index (χ3v) is 3.56. The summed E-state index contributed by atoms with van der Waals surface area (Å²) in [4.78, 5) is 24.6. The highest BCUT2D eigenvalue weighted by atomic mass is 16.6. The van der Waals surface area contributed by atoms with Gasteiger partial charge in [-0.15, -0.1) is 0 Å². The lowest BCUT2D eigenvalue weighted by Gasteiger charge is -2.29. The van der Waals surface area contributed by atoms with Crippen LogP contribution in [0.2, 0.25) is 0 Å². The van der Waals surface area contributed by atoms with Gasteiger partial charge in [0.15, 0.2) is 0 Å². The Morgan fingerprint density at radius 3 is 2.78 bits per heavy atom. The Morgan fingerprint density at radius 2 is 1.96 bits per heavy atom. The van der Waals surface area contributed by atoms with Crippen LogP contribution in [0.25, 0.3) is 0 Å². The van der Waals surface area contributed by atoms with Crippen LogP contribution < -0.4 is 15.0 Å². The maximum absolute atomic E-state index is 12.5. The minimum atomic E-state index is -0.475. The quantitative estimate of drug-likeness (QED) is 0.692. The number of nitrogens with one attached hydrogen (secondary N) is 1. The van der Waals surface area contributed by atoms with E-state index in [1.165, 1.54) is 6.07 Å². The molecular weight excluding hydrogens is 298 g/mol. The molecule has 1 amide bonds. The van der Waals surface area contributed by atoms with Crippen molar-refractivity contribution in [1.29, 1.82) is 0 Å². The Bertz CT molecular complexity index is 748. The molecule has 23 heavy (non-hydrogen) atoms. The fourth-order valence-electron chi connectivity index (χ4n) is 2.48. The van der Waals surface area contributed by atoms with Gasteiger partial charge in [0, 0.05) is 6.07 Å². The smallest absolute Gasteiger partial charge is 0.292 e. The van der Waals surface area contributed by atoms with Crippen LogP contribution in [0.5, 0.6) is 5.75 Å². The van der Waals surface area contributed by atoms with Crippen LogP contribution in [0, 0.1) is 10.1 Å². The van der Waals surface area contributed by atoms with Gasteiger partial charge in [-0.2, -0.15) is 0 Å². The van der Waals surface area contributed by atoms with E-state index in [2.05, 4.69) is 5.32 Å². The Kier molecular flexibility index (Phi) is 4.09. The number of carbonyl (C=O) groups excluding carboxylic acids is 1. The Labute approximate surface area is 132 Å². The summed E-state index contributed by atoms with van der Waals surface area (Å²) in [5, 5.41) is 13.8. The van der Waals surface area contributed by atoms with Crippen molar-refractivity contribution < 1.29 is 14.5 Å². The van der Waals surface area contributed by atoms with Gasteiger partial charge in [0.1, 0.15) is 18.0 Å². The van der Waals surface area contributed by atoms with Gasteiger partial charge in [0.25, 0.3) is 5.69 Å². The summed E-state index contributed by atoms with van der Waals surface area (Å²) in [6.45, 7) is 0.849. The molecule has 3 rings (SSSR count). The second-order valence-corrected chi connectivity index (χ2v) is 4.99. The van der Waals surface area contributed by atoms with Crippen molar-refractivity contribution >= 4 is 23.0 Å². The monoisotopic (exact) mass is 313 g/mol. The molecule has 0 atom stereocenters. The van der Waals surface area contributed by atoms with Gasteiger partial charge >= 0.3 is 0 Å². The molecule has 0 radical (unpaired) electrons. The number of ether oxygens (including phenoxy) is 1. The number of benzene rings is 2. The minimum absolute atomic E-state index is 0.0286. The first kappa shape index (κ1) is 14.8. The van der Waals surface area contributed by atoms with Gasteiger partial charge in [0.2, 0.25) is 5.91 Å². The number of nitro benzene ring substituents is 1. The summed E-state index contributed by atoms with van der Waals surface area (Å²) in [5.41, 5.74) is 0.989. The second-order valence-electron chi connectivity index (χ2n) is 4.99. The second kappa shape index (κ2) is 6.35. The first-order valence-electron chi connectivity index (χ1n) is 7.16. The topological polar surface area (TPSA) is 84.7 Å². The summed E-state index contributed by atoms with van der Waals surface area (Å²) in [6, 6.07) is 13.6. The maximum atomic E-state index is 12.5. The molecule has 1 aliphatic rings. The summed E-state index contributed by atoms with van der Waals surface area (Å²) in [5.74, 6) is 0.497. The molecule has 0 spiro atoms. The number of carbonyl (C=O) groups is 1. The normalized spacial score (nSPS) is 13.0. The Morgan fingerprint density at radius 1 is 1.22 bits per heavy atom. The average molecular weight is 313 g/mol. The van der Waals surface area contributed by atoms with E-state index in [-0.39, 0.29) is 18.1 Å². The largest absolute Gasteiger partial charge is 0.490 e. The van der Waals surface area contributed by atoms with E-state index in [1.54, 1.807) is 23.1 Å². The van der Waals surface area contributed by atoms with Gasteiger partial charge < -0.3 is 15.0 Å². The summed E-state index contributed by atoms with van der Waals surface area (Å²) in [7, 11) is 0. The lowest BCUT2D eigenvalue weighted by atomic mass is 10.2. The minimum Gasteiger partial charge on any atom is -0.490 e. The molecular formula is C16H15N3O4. The SMILES string of the molecule is O=C(CNc1ccccc1[N+](=O)[O-])N1CCOc2ccccc21. The molecule has 0 bridgehead atoms. The molecule has 0 fully saturated rings. The highest BCUT2D eigenvalue weighted by Gasteiger charge is 2.23. The first-order valence-corrected chi connectivity index (χ1v) is 7.16. The van der Waals surface area contributed by atoms with E-state index in [0.717, 1.165) is 0 Å². The molecule has 7 nitrogen and oxygen atoms in total. The lowest BCUT2D eigenvalue weighted by molar-refractivity contribution is -0.383. The van der Waals surface area contributed by atoms with E-state index >= 15 is 0 Å². The molecule has 2 aromatic rings. The van der Waals surface area contributed by atoms with E-state index in [9.17, 15) is 14.9 Å². The van der Waals surface area contributed by atoms with Crippen LogP contribution in [0.3, 0.4) is 0 Å². The molecule has 0 saturated carbocycles. The van der Waals surface area contributed by atoms with Crippen molar-refractivity contribution in [1.82, 2.24) is 0 Å². The van der Waals surface area contributed by atoms with Crippen LogP contribution in [0.1, 0.15) is 0 Å². The highest BCUT2D eigenvalue weighted by Crippen LogP contribution is 2.31. The van der Waals surface area contributed by atoms with Crippen molar-refractivity contribution in [3.05, 3.63) is 58.6 Å². The summed E-state index contributed by atoms with van der Waals surface area (Å²) < 4.78 is 5.51. The van der Waals surface area contributed by atoms with Crippen molar-refractivity contribution in [3.8, 4) is 5.75 Å². The first-order chi connectivity index (χ1) is 11.2. The third-order valence-electron chi connectivity index (χ3n) is 3.56. The van der Waals surface area contributed by atoms with Gasteiger partial charge in [0.05, 0.1) is 23.7 Å². The molecule has 0 unspecified atom stereocenters. The standard InChI is InChI=1S/C16H15N3O4/c20-16(11-17-12-5-1-2-6-13(12)19(21)22)18-9-10-23-15-8-4-3-7-14(15)18/h1-8,17H,9-11H2. The number of anilines is 2. The Hall–Kier alpha value is -3.09. The van der Waals surface area contributed by atoms with Crippen molar-refractivity contribution in [2.45, 2.75) is 0 Å². The molecule has 7 heteroatoms. The molecule has 118 valence electrons. The zero-order chi connectivity index (χ0) is 16.2. The molecule has 0 aromatic heterocycles. The fourth-order valence-corrected chi connectivity index (χ4v) is 2.48. The summed E-state index contributed by atoms with van der Waals surface area (Å²) >= 11 is 0. The molecule has 1 heterocycles. The van der Waals surface area contributed by atoms with E-state index in [4.69, 9.17) is 4.74 Å². The van der Waals surface area contributed by atoms with Gasteiger partial charge in [-0.05, 0) is 18.2 Å². The van der Waals surface area contributed by atoms with E-state index in [1.807, 2.05) is 24.3 Å². The number of fused-ring (bicyclic) bond motifs is 1. The number of nitro groups is 1. The average Bonchev–Trinajstić information content (AvgIpc) is 2.59. The van der Waals surface area contributed by atoms with Gasteiger partial charge in [-0.3, -0.25) is 14.9 Å².